The molecular weight excluding hydrogens is 521 g/mol. The molecule has 0 heterocycles. The second-order valence-electron chi connectivity index (χ2n) is 10.3. The third kappa shape index (κ3) is 10.0. The molecule has 2 rings (SSSR count). The number of phenols is 1. The molecule has 2 aromatic rings. The number of carbonyl (C=O) groups excluding carboxylic acids is 2. The summed E-state index contributed by atoms with van der Waals surface area (Å²) in [5.41, 5.74) is -0.683. The zero-order chi connectivity index (χ0) is 28.0. The van der Waals surface area contributed by atoms with Gasteiger partial charge in [0.2, 0.25) is 5.91 Å². The lowest BCUT2D eigenvalue weighted by Crippen LogP contribution is -2.58. The summed E-state index contributed by atoms with van der Waals surface area (Å²) >= 11 is 12.5. The van der Waals surface area contributed by atoms with Gasteiger partial charge in [-0.15, -0.1) is 0 Å². The Morgan fingerprint density at radius 3 is 2.11 bits per heavy atom. The van der Waals surface area contributed by atoms with E-state index >= 15 is 0 Å². The van der Waals surface area contributed by atoms with E-state index in [1.165, 1.54) is 17.0 Å². The van der Waals surface area contributed by atoms with Crippen LogP contribution in [-0.4, -0.2) is 56.9 Å². The van der Waals surface area contributed by atoms with Gasteiger partial charge in [-0.25, -0.2) is 9.59 Å². The van der Waals surface area contributed by atoms with Gasteiger partial charge < -0.3 is 30.5 Å². The van der Waals surface area contributed by atoms with Crippen molar-refractivity contribution in [1.82, 2.24) is 15.5 Å². The molecule has 0 aromatic heterocycles. The van der Waals surface area contributed by atoms with Crippen LogP contribution in [0.1, 0.15) is 45.7 Å². The molecule has 0 fully saturated rings. The van der Waals surface area contributed by atoms with Crippen molar-refractivity contribution in [1.29, 1.82) is 0 Å². The SMILES string of the molecule is CC(C)(CN(Cc1ccccc1)C(=O)O)NC(=O)[C@H](Cc1c(Cl)cc(O)cc1Cl)NC(=O)OC(C)(C)C. The maximum atomic E-state index is 13.4. The van der Waals surface area contributed by atoms with Gasteiger partial charge in [-0.2, -0.15) is 0 Å². The van der Waals surface area contributed by atoms with Crippen molar-refractivity contribution in [3.63, 3.8) is 0 Å². The minimum absolute atomic E-state index is 0.0250. The lowest BCUT2D eigenvalue weighted by molar-refractivity contribution is -0.125. The van der Waals surface area contributed by atoms with Gasteiger partial charge in [-0.05, 0) is 57.9 Å². The van der Waals surface area contributed by atoms with Gasteiger partial charge >= 0.3 is 12.2 Å². The second kappa shape index (κ2) is 12.4. The number of benzene rings is 2. The first kappa shape index (κ1) is 30.1. The van der Waals surface area contributed by atoms with Crippen LogP contribution in [0, 0.1) is 0 Å². The van der Waals surface area contributed by atoms with Crippen LogP contribution in [-0.2, 0) is 22.5 Å². The molecule has 0 saturated heterocycles. The molecule has 9 nitrogen and oxygen atoms in total. The van der Waals surface area contributed by atoms with Gasteiger partial charge in [0, 0.05) is 29.6 Å². The molecule has 0 aliphatic rings. The highest BCUT2D eigenvalue weighted by Crippen LogP contribution is 2.31. The average molecular weight is 554 g/mol. The van der Waals surface area contributed by atoms with Gasteiger partial charge in [0.1, 0.15) is 17.4 Å². The number of rotatable bonds is 9. The van der Waals surface area contributed by atoms with Crippen molar-refractivity contribution >= 4 is 41.3 Å². The average Bonchev–Trinajstić information content (AvgIpc) is 2.73. The first-order valence-corrected chi connectivity index (χ1v) is 12.3. The third-order valence-corrected chi connectivity index (χ3v) is 5.75. The van der Waals surface area contributed by atoms with Crippen LogP contribution in [0.4, 0.5) is 9.59 Å². The molecule has 202 valence electrons. The van der Waals surface area contributed by atoms with Crippen LogP contribution >= 0.6 is 23.2 Å². The molecule has 2 aromatic carbocycles. The van der Waals surface area contributed by atoms with Gasteiger partial charge in [0.05, 0.1) is 5.54 Å². The number of carbonyl (C=O) groups is 3. The van der Waals surface area contributed by atoms with Crippen molar-refractivity contribution in [3.05, 3.63) is 63.6 Å². The van der Waals surface area contributed by atoms with Crippen LogP contribution in [0.5, 0.6) is 5.75 Å². The Hall–Kier alpha value is -3.17. The first-order valence-electron chi connectivity index (χ1n) is 11.6. The lowest BCUT2D eigenvalue weighted by Gasteiger charge is -2.33. The van der Waals surface area contributed by atoms with Gasteiger partial charge in [0.25, 0.3) is 0 Å². The topological polar surface area (TPSA) is 128 Å². The maximum Gasteiger partial charge on any atom is 0.408 e. The standard InChI is InChI=1S/C26H33Cl2N3O6/c1-25(2,3)37-23(34)29-21(13-18-19(27)11-17(32)12-20(18)28)22(33)30-26(4,5)15-31(24(35)36)14-16-9-7-6-8-10-16/h6-12,21,32H,13-15H2,1-5H3,(H,29,34)(H,30,33)(H,35,36)/t21-/m0/s1. The van der Waals surface area contributed by atoms with Crippen LogP contribution in [0.25, 0.3) is 0 Å². The van der Waals surface area contributed by atoms with Crippen molar-refractivity contribution in [3.8, 4) is 5.75 Å². The molecule has 0 bridgehead atoms. The van der Waals surface area contributed by atoms with E-state index in [2.05, 4.69) is 10.6 Å². The predicted octanol–water partition coefficient (Wildman–Crippen LogP) is 5.21. The van der Waals surface area contributed by atoms with E-state index in [0.29, 0.717) is 5.56 Å². The number of ether oxygens (including phenoxy) is 1. The smallest absolute Gasteiger partial charge is 0.408 e. The fraction of sp³-hybridized carbons (Fsp3) is 0.423. The number of alkyl carbamates (subject to hydrolysis) is 1. The van der Waals surface area contributed by atoms with E-state index in [-0.39, 0.29) is 35.3 Å². The molecule has 0 aliphatic heterocycles. The molecule has 0 unspecified atom stereocenters. The molecule has 37 heavy (non-hydrogen) atoms. The fourth-order valence-electron chi connectivity index (χ4n) is 3.58. The Balaban J connectivity index is 2.25. The highest BCUT2D eigenvalue weighted by Gasteiger charge is 2.32. The number of halogens is 2. The molecule has 3 amide bonds. The summed E-state index contributed by atoms with van der Waals surface area (Å²) < 4.78 is 5.31. The van der Waals surface area contributed by atoms with E-state index in [1.807, 2.05) is 30.3 Å². The number of amides is 3. The Labute approximate surface area is 226 Å². The Kier molecular flexibility index (Phi) is 10.1. The molecule has 0 saturated carbocycles. The molecule has 1 atom stereocenters. The van der Waals surface area contributed by atoms with E-state index in [0.717, 1.165) is 5.56 Å². The lowest BCUT2D eigenvalue weighted by atomic mass is 10.0. The molecule has 11 heteroatoms. The molecule has 0 spiro atoms. The Morgan fingerprint density at radius 1 is 1.03 bits per heavy atom. The van der Waals surface area contributed by atoms with Crippen molar-refractivity contribution in [2.75, 3.05) is 6.54 Å². The summed E-state index contributed by atoms with van der Waals surface area (Å²) in [6.07, 6.45) is -2.07. The monoisotopic (exact) mass is 553 g/mol. The zero-order valence-corrected chi connectivity index (χ0v) is 23.0. The van der Waals surface area contributed by atoms with Crippen LogP contribution < -0.4 is 10.6 Å². The molecular formula is C26H33Cl2N3O6. The van der Waals surface area contributed by atoms with Crippen LogP contribution in [0.3, 0.4) is 0 Å². The maximum absolute atomic E-state index is 13.4. The minimum atomic E-state index is -1.17. The summed E-state index contributed by atoms with van der Waals surface area (Å²) in [7, 11) is 0. The van der Waals surface area contributed by atoms with Crippen molar-refractivity contribution < 1.29 is 29.3 Å². The number of carboxylic acid groups (broad SMARTS) is 1. The number of hydrogen-bond donors (Lipinski definition) is 4. The number of aromatic hydroxyl groups is 1. The highest BCUT2D eigenvalue weighted by molar-refractivity contribution is 6.36. The summed E-state index contributed by atoms with van der Waals surface area (Å²) in [6.45, 7) is 8.52. The van der Waals surface area contributed by atoms with Gasteiger partial charge in [-0.1, -0.05) is 53.5 Å². The summed E-state index contributed by atoms with van der Waals surface area (Å²) in [4.78, 5) is 39.0. The quantitative estimate of drug-likeness (QED) is 0.337. The summed E-state index contributed by atoms with van der Waals surface area (Å²) in [5, 5.41) is 25.1. The first-order chi connectivity index (χ1) is 17.1. The second-order valence-corrected chi connectivity index (χ2v) is 11.1. The van der Waals surface area contributed by atoms with Gasteiger partial charge in [-0.3, -0.25) is 4.79 Å². The van der Waals surface area contributed by atoms with Crippen LogP contribution in [0.15, 0.2) is 42.5 Å². The van der Waals surface area contributed by atoms with E-state index < -0.39 is 35.3 Å². The largest absolute Gasteiger partial charge is 0.508 e. The van der Waals surface area contributed by atoms with E-state index in [1.54, 1.807) is 34.6 Å². The molecule has 4 N–H and O–H groups in total. The third-order valence-electron chi connectivity index (χ3n) is 5.08. The summed E-state index contributed by atoms with van der Waals surface area (Å²) in [5.74, 6) is -0.741. The van der Waals surface area contributed by atoms with Crippen LogP contribution in [0.2, 0.25) is 10.0 Å². The van der Waals surface area contributed by atoms with Crippen molar-refractivity contribution in [2.45, 2.75) is 64.8 Å². The van der Waals surface area contributed by atoms with E-state index in [9.17, 15) is 24.6 Å². The Morgan fingerprint density at radius 2 is 1.59 bits per heavy atom. The minimum Gasteiger partial charge on any atom is -0.508 e. The highest BCUT2D eigenvalue weighted by atomic mass is 35.5. The number of hydrogen-bond acceptors (Lipinski definition) is 5. The molecule has 0 aliphatic carbocycles. The Bertz CT molecular complexity index is 1100. The van der Waals surface area contributed by atoms with Gasteiger partial charge in [0.15, 0.2) is 0 Å². The summed E-state index contributed by atoms with van der Waals surface area (Å²) in [6, 6.07) is 10.5. The number of nitrogens with zero attached hydrogens (tertiary/aromatic N) is 1. The normalized spacial score (nSPS) is 12.4. The predicted molar refractivity (Wildman–Crippen MR) is 142 cm³/mol. The number of nitrogens with one attached hydrogen (secondary N) is 2. The number of phenolic OH excluding ortho intramolecular Hbond substituents is 1. The van der Waals surface area contributed by atoms with Crippen molar-refractivity contribution in [2.24, 2.45) is 0 Å². The zero-order valence-electron chi connectivity index (χ0n) is 21.5. The van der Waals surface area contributed by atoms with E-state index in [4.69, 9.17) is 27.9 Å². The fourth-order valence-corrected chi connectivity index (χ4v) is 4.21. The molecule has 0 radical (unpaired) electrons.